The molecule has 0 aliphatic carbocycles. The molecule has 2 amide bonds. The first kappa shape index (κ1) is 17.4. The van der Waals surface area contributed by atoms with E-state index >= 15 is 0 Å². The van der Waals surface area contributed by atoms with Crippen molar-refractivity contribution < 1.29 is 19.3 Å². The third kappa shape index (κ3) is 2.73. The summed E-state index contributed by atoms with van der Waals surface area (Å²) in [6.45, 7) is 0. The number of non-ortho nitro benzene ring substituents is 1. The van der Waals surface area contributed by atoms with Crippen molar-refractivity contribution in [2.45, 2.75) is 12.1 Å². The molecule has 0 unspecified atom stereocenters. The van der Waals surface area contributed by atoms with Crippen LogP contribution in [0.1, 0.15) is 11.6 Å². The molecule has 2 aliphatic heterocycles. The second-order valence-electron chi connectivity index (χ2n) is 6.38. The van der Waals surface area contributed by atoms with Crippen LogP contribution >= 0.6 is 11.6 Å². The summed E-state index contributed by atoms with van der Waals surface area (Å²) in [7, 11) is 1.42. The van der Waals surface area contributed by atoms with E-state index in [1.165, 1.54) is 24.2 Å². The number of nitro groups is 1. The molecule has 0 spiro atoms. The number of carbonyl (C=O) groups excluding carboxylic acids is 2. The number of nitrogens with zero attached hydrogens (tertiary/aromatic N) is 3. The van der Waals surface area contributed by atoms with Gasteiger partial charge in [0.2, 0.25) is 5.91 Å². The molecule has 0 bridgehead atoms. The molecular formula is C18H14ClN3O5. The van der Waals surface area contributed by atoms with E-state index in [0.717, 1.165) is 4.90 Å². The van der Waals surface area contributed by atoms with E-state index in [1.54, 1.807) is 36.4 Å². The summed E-state index contributed by atoms with van der Waals surface area (Å²) in [5.74, 6) is -1.49. The van der Waals surface area contributed by atoms with Crippen molar-refractivity contribution in [3.63, 3.8) is 0 Å². The first-order chi connectivity index (χ1) is 12.9. The van der Waals surface area contributed by atoms with E-state index in [-0.39, 0.29) is 11.6 Å². The molecule has 0 radical (unpaired) electrons. The van der Waals surface area contributed by atoms with Gasteiger partial charge in [-0.3, -0.25) is 29.4 Å². The number of hydroxylamine groups is 1. The van der Waals surface area contributed by atoms with Crippen LogP contribution in [0.4, 0.5) is 11.4 Å². The highest BCUT2D eigenvalue weighted by molar-refractivity contribution is 6.30. The van der Waals surface area contributed by atoms with Crippen molar-refractivity contribution in [2.75, 3.05) is 12.1 Å². The average Bonchev–Trinajstić information content (AvgIpc) is 3.15. The maximum Gasteiger partial charge on any atom is 0.269 e. The van der Waals surface area contributed by atoms with Crippen LogP contribution in [0.15, 0.2) is 48.5 Å². The lowest BCUT2D eigenvalue weighted by molar-refractivity contribution is -0.384. The van der Waals surface area contributed by atoms with Crippen LogP contribution in [0.5, 0.6) is 0 Å². The van der Waals surface area contributed by atoms with E-state index in [1.807, 2.05) is 0 Å². The zero-order chi connectivity index (χ0) is 19.3. The molecule has 8 nitrogen and oxygen atoms in total. The summed E-state index contributed by atoms with van der Waals surface area (Å²) in [6.07, 6.45) is -0.932. The summed E-state index contributed by atoms with van der Waals surface area (Å²) in [5, 5.41) is 13.0. The standard InChI is InChI=1S/C18H14ClN3O5/c1-20-17(23)14-15(10-2-6-13(7-3-10)22(25)26)21(27-16(14)18(20)24)12-8-4-11(19)5-9-12/h2-9,14-16H,1H3/t14-,15+,16-/m0/s1. The Bertz CT molecular complexity index is 931. The van der Waals surface area contributed by atoms with E-state index in [4.69, 9.17) is 16.4 Å². The second-order valence-corrected chi connectivity index (χ2v) is 6.82. The molecule has 0 saturated carbocycles. The molecule has 2 aromatic rings. The number of hydrogen-bond donors (Lipinski definition) is 0. The van der Waals surface area contributed by atoms with Gasteiger partial charge >= 0.3 is 0 Å². The number of anilines is 1. The van der Waals surface area contributed by atoms with Gasteiger partial charge in [-0.1, -0.05) is 23.7 Å². The highest BCUT2D eigenvalue weighted by atomic mass is 35.5. The first-order valence-corrected chi connectivity index (χ1v) is 8.53. The lowest BCUT2D eigenvalue weighted by Gasteiger charge is -2.28. The Labute approximate surface area is 159 Å². The Kier molecular flexibility index (Phi) is 4.09. The molecule has 9 heteroatoms. The lowest BCUT2D eigenvalue weighted by atomic mass is 9.90. The van der Waals surface area contributed by atoms with Crippen molar-refractivity contribution in [1.82, 2.24) is 4.90 Å². The minimum absolute atomic E-state index is 0.0572. The predicted octanol–water partition coefficient (Wildman–Crippen LogP) is 2.72. The minimum atomic E-state index is -0.932. The molecule has 4 rings (SSSR count). The molecule has 2 aromatic carbocycles. The maximum atomic E-state index is 12.7. The average molecular weight is 388 g/mol. The van der Waals surface area contributed by atoms with Crippen LogP contribution in [0.3, 0.4) is 0 Å². The summed E-state index contributed by atoms with van der Waals surface area (Å²) >= 11 is 5.94. The summed E-state index contributed by atoms with van der Waals surface area (Å²) < 4.78 is 0. The second kappa shape index (κ2) is 6.33. The number of amides is 2. The number of halogens is 1. The number of rotatable bonds is 3. The van der Waals surface area contributed by atoms with Crippen LogP contribution in [-0.4, -0.2) is 34.8 Å². The quantitative estimate of drug-likeness (QED) is 0.456. The van der Waals surface area contributed by atoms with Crippen LogP contribution in [-0.2, 0) is 14.4 Å². The zero-order valence-corrected chi connectivity index (χ0v) is 14.9. The van der Waals surface area contributed by atoms with Crippen LogP contribution in [0.2, 0.25) is 5.02 Å². The van der Waals surface area contributed by atoms with Gasteiger partial charge in [-0.05, 0) is 29.8 Å². The lowest BCUT2D eigenvalue weighted by Crippen LogP contribution is -2.34. The smallest absolute Gasteiger partial charge is 0.269 e. The molecular weight excluding hydrogens is 374 g/mol. The Balaban J connectivity index is 1.79. The predicted molar refractivity (Wildman–Crippen MR) is 95.9 cm³/mol. The van der Waals surface area contributed by atoms with Gasteiger partial charge in [0.15, 0.2) is 6.10 Å². The third-order valence-corrected chi connectivity index (χ3v) is 5.11. The highest BCUT2D eigenvalue weighted by Crippen LogP contribution is 2.46. The Morgan fingerprint density at radius 1 is 1.04 bits per heavy atom. The van der Waals surface area contributed by atoms with E-state index in [2.05, 4.69) is 0 Å². The molecule has 3 atom stereocenters. The molecule has 2 aliphatic rings. The van der Waals surface area contributed by atoms with Gasteiger partial charge in [-0.2, -0.15) is 0 Å². The largest absolute Gasteiger partial charge is 0.283 e. The van der Waals surface area contributed by atoms with Gasteiger partial charge < -0.3 is 0 Å². The SMILES string of the molecule is CN1C(=O)[C@@H]2[C@H](ON(c3ccc(Cl)cc3)[C@@H]2c2ccc([N+](=O)[O-])cc2)C1=O. The third-order valence-electron chi connectivity index (χ3n) is 4.86. The fourth-order valence-electron chi connectivity index (χ4n) is 3.50. The van der Waals surface area contributed by atoms with Crippen molar-refractivity contribution in [1.29, 1.82) is 0 Å². The van der Waals surface area contributed by atoms with Crippen LogP contribution < -0.4 is 5.06 Å². The van der Waals surface area contributed by atoms with Gasteiger partial charge in [-0.25, -0.2) is 5.06 Å². The van der Waals surface area contributed by atoms with Crippen LogP contribution in [0.25, 0.3) is 0 Å². The fourth-order valence-corrected chi connectivity index (χ4v) is 3.62. The fraction of sp³-hybridized carbons (Fsp3) is 0.222. The first-order valence-electron chi connectivity index (χ1n) is 8.16. The van der Waals surface area contributed by atoms with E-state index in [0.29, 0.717) is 16.3 Å². The van der Waals surface area contributed by atoms with Gasteiger partial charge in [0.25, 0.3) is 11.6 Å². The van der Waals surface area contributed by atoms with Gasteiger partial charge in [0.05, 0.1) is 16.7 Å². The zero-order valence-electron chi connectivity index (χ0n) is 14.1. The van der Waals surface area contributed by atoms with Crippen molar-refractivity contribution in [2.24, 2.45) is 5.92 Å². The molecule has 2 heterocycles. The number of imide groups is 1. The van der Waals surface area contributed by atoms with Gasteiger partial charge in [-0.15, -0.1) is 0 Å². The molecule has 27 heavy (non-hydrogen) atoms. The number of fused-ring (bicyclic) bond motifs is 1. The topological polar surface area (TPSA) is 93.0 Å². The Hall–Kier alpha value is -2.97. The maximum absolute atomic E-state index is 12.7. The van der Waals surface area contributed by atoms with Crippen molar-refractivity contribution >= 4 is 34.8 Å². The number of likely N-dealkylation sites (N-methyl/N-ethyl adjacent to an activating group) is 1. The van der Waals surface area contributed by atoms with Crippen LogP contribution in [0, 0.1) is 16.0 Å². The van der Waals surface area contributed by atoms with E-state index in [9.17, 15) is 19.7 Å². The number of hydrogen-bond acceptors (Lipinski definition) is 6. The number of nitro benzene ring substituents is 1. The molecule has 2 fully saturated rings. The monoisotopic (exact) mass is 387 g/mol. The van der Waals surface area contributed by atoms with E-state index < -0.39 is 28.9 Å². The molecule has 0 aromatic heterocycles. The molecule has 2 saturated heterocycles. The highest BCUT2D eigenvalue weighted by Gasteiger charge is 2.58. The Morgan fingerprint density at radius 2 is 1.67 bits per heavy atom. The normalized spacial score (nSPS) is 24.4. The minimum Gasteiger partial charge on any atom is -0.283 e. The number of likely N-dealkylation sites (tertiary alicyclic amines) is 1. The summed E-state index contributed by atoms with van der Waals surface area (Å²) in [4.78, 5) is 42.4. The number of benzene rings is 2. The molecule has 138 valence electrons. The van der Waals surface area contributed by atoms with Gasteiger partial charge in [0, 0.05) is 24.2 Å². The Morgan fingerprint density at radius 3 is 2.26 bits per heavy atom. The van der Waals surface area contributed by atoms with Crippen molar-refractivity contribution in [3.8, 4) is 0 Å². The van der Waals surface area contributed by atoms with Gasteiger partial charge in [0.1, 0.15) is 5.92 Å². The molecule has 0 N–H and O–H groups in total. The summed E-state index contributed by atoms with van der Waals surface area (Å²) in [5.41, 5.74) is 1.21. The van der Waals surface area contributed by atoms with Crippen molar-refractivity contribution in [3.05, 3.63) is 69.2 Å². The summed E-state index contributed by atoms with van der Waals surface area (Å²) in [6, 6.07) is 12.1. The number of carbonyl (C=O) groups is 2.